The molecule has 1 fully saturated rings. The average molecular weight is 722 g/mol. The van der Waals surface area contributed by atoms with E-state index >= 15 is 0 Å². The Morgan fingerprint density at radius 3 is 1.37 bits per heavy atom. The third-order valence-corrected chi connectivity index (χ3v) is 8.12. The summed E-state index contributed by atoms with van der Waals surface area (Å²) in [4.78, 5) is 77.6. The molecule has 4 amide bonds. The lowest BCUT2D eigenvalue weighted by molar-refractivity contribution is -0.157. The molecular formula is C28H51N17O6. The molecule has 0 spiro atoms. The van der Waals surface area contributed by atoms with Gasteiger partial charge in [0.25, 0.3) is 0 Å². The van der Waals surface area contributed by atoms with Gasteiger partial charge in [0.05, 0.1) is 30.8 Å². The van der Waals surface area contributed by atoms with E-state index in [4.69, 9.17) is 32.8 Å². The number of carbonyl (C=O) groups is 5. The zero-order chi connectivity index (χ0) is 38.2. The topological polar surface area (TPSA) is 330 Å². The Labute approximate surface area is 296 Å². The fraction of sp³-hybridized carbons (Fsp3) is 0.821. The van der Waals surface area contributed by atoms with Crippen LogP contribution in [0.2, 0.25) is 0 Å². The quantitative estimate of drug-likeness (QED) is 0.0400. The summed E-state index contributed by atoms with van der Waals surface area (Å²) >= 11 is 0. The Kier molecular flexibility index (Phi) is 21.0. The summed E-state index contributed by atoms with van der Waals surface area (Å²) in [6.45, 7) is 6.85. The number of nitrogens with two attached hydrogens (primary N) is 2. The van der Waals surface area contributed by atoms with Gasteiger partial charge in [0.1, 0.15) is 5.60 Å². The first-order valence-electron chi connectivity index (χ1n) is 16.5. The molecule has 23 nitrogen and oxygen atoms in total. The second kappa shape index (κ2) is 24.3. The number of ether oxygens (including phenoxy) is 1. The molecule has 0 unspecified atom stereocenters. The van der Waals surface area contributed by atoms with E-state index in [1.165, 1.54) is 0 Å². The molecule has 1 heterocycles. The van der Waals surface area contributed by atoms with Crippen LogP contribution in [0, 0.1) is 0 Å². The predicted molar refractivity (Wildman–Crippen MR) is 185 cm³/mol. The summed E-state index contributed by atoms with van der Waals surface area (Å²) in [5.41, 5.74) is 37.4. The van der Waals surface area contributed by atoms with Crippen LogP contribution in [0.4, 0.5) is 0 Å². The summed E-state index contributed by atoms with van der Waals surface area (Å²) in [6, 6.07) is -2.00. The molecule has 1 saturated heterocycles. The van der Waals surface area contributed by atoms with Crippen molar-refractivity contribution in [2.24, 2.45) is 26.8 Å². The Morgan fingerprint density at radius 2 is 1.04 bits per heavy atom. The lowest BCUT2D eigenvalue weighted by Gasteiger charge is -2.41. The Balaban J connectivity index is 3.72. The number of nitrogens with zero attached hydrogens (tertiary/aromatic N) is 13. The Hall–Kier alpha value is -4.88. The summed E-state index contributed by atoms with van der Waals surface area (Å²) in [6.07, 6.45) is 0.0818. The van der Waals surface area contributed by atoms with Gasteiger partial charge < -0.3 is 26.8 Å². The van der Waals surface area contributed by atoms with Gasteiger partial charge in [-0.2, -0.15) is 0 Å². The highest BCUT2D eigenvalue weighted by atomic mass is 16.6. The molecular weight excluding hydrogens is 670 g/mol. The third-order valence-electron chi connectivity index (χ3n) is 8.12. The van der Waals surface area contributed by atoms with E-state index in [-0.39, 0.29) is 97.7 Å². The molecule has 0 aliphatic carbocycles. The molecule has 0 saturated carbocycles. The largest absolute Gasteiger partial charge is 0.460 e. The number of azide groups is 3. The standard InChI is InChI=1S/C28H51N17O6/c1-28(2,3)51-25(48)18-22(27(30)50)43-11-10-42(21(26(29)49)4-7-36-39-31)12-14-44(23(34-19-46)5-8-37-40-32)16-17-45(15-13-43)24(35-20-47)6-9-38-41-33/h19-24H,4-18H2,1-3H3,(H2,29,49)(H2,30,50)(H,34,46)(H,35,47)/t21-,22-,23-,24-/m1/s1. The minimum atomic E-state index is -1.11. The molecule has 4 atom stereocenters. The second-order valence-corrected chi connectivity index (χ2v) is 12.6. The molecule has 0 aromatic carbocycles. The number of hydrogen-bond donors (Lipinski definition) is 4. The molecule has 1 rings (SSSR count). The van der Waals surface area contributed by atoms with Gasteiger partial charge in [0.15, 0.2) is 0 Å². The fourth-order valence-corrected chi connectivity index (χ4v) is 5.75. The van der Waals surface area contributed by atoms with Crippen LogP contribution in [0.3, 0.4) is 0 Å². The van der Waals surface area contributed by atoms with Crippen LogP contribution in [0.5, 0.6) is 0 Å². The van der Waals surface area contributed by atoms with Crippen LogP contribution in [0.15, 0.2) is 15.3 Å². The molecule has 23 heteroatoms. The van der Waals surface area contributed by atoms with Gasteiger partial charge in [-0.1, -0.05) is 15.3 Å². The van der Waals surface area contributed by atoms with Crippen molar-refractivity contribution in [1.29, 1.82) is 0 Å². The van der Waals surface area contributed by atoms with Crippen molar-refractivity contribution in [2.75, 3.05) is 72.0 Å². The van der Waals surface area contributed by atoms with E-state index in [1.807, 2.05) is 9.80 Å². The number of rotatable bonds is 21. The minimum Gasteiger partial charge on any atom is -0.460 e. The predicted octanol–water partition coefficient (Wildman–Crippen LogP) is -0.107. The molecule has 0 radical (unpaired) electrons. The third kappa shape index (κ3) is 17.6. The van der Waals surface area contributed by atoms with Crippen molar-refractivity contribution in [3.05, 3.63) is 31.3 Å². The van der Waals surface area contributed by atoms with E-state index in [0.717, 1.165) is 0 Å². The Bertz CT molecular complexity index is 1280. The number of hydrogen-bond acceptors (Lipinski definition) is 13. The highest BCUT2D eigenvalue weighted by molar-refractivity contribution is 5.85. The first kappa shape index (κ1) is 44.1. The van der Waals surface area contributed by atoms with Crippen LogP contribution in [0.1, 0.15) is 46.5 Å². The van der Waals surface area contributed by atoms with Crippen LogP contribution < -0.4 is 22.1 Å². The van der Waals surface area contributed by atoms with Gasteiger partial charge in [-0.15, -0.1) is 0 Å². The van der Waals surface area contributed by atoms with E-state index in [2.05, 4.69) is 40.7 Å². The smallest absolute Gasteiger partial charge is 0.308 e. The highest BCUT2D eigenvalue weighted by Crippen LogP contribution is 2.16. The molecule has 0 aromatic heterocycles. The van der Waals surface area contributed by atoms with Crippen molar-refractivity contribution in [3.8, 4) is 0 Å². The molecule has 0 aromatic rings. The SMILES string of the molecule is CC(C)(C)OC(=O)C[C@H](C(N)=O)N1CCN([C@H](CCN=[N+]=[N-])NC=O)CCN([C@H](CCN=[N+]=[N-])NC=O)CCN([C@H](CCN=[N+]=[N-])C(N)=O)CC1. The number of nitrogens with one attached hydrogen (secondary N) is 2. The van der Waals surface area contributed by atoms with Gasteiger partial charge in [0.2, 0.25) is 24.6 Å². The minimum absolute atomic E-state index is 0.0198. The van der Waals surface area contributed by atoms with Gasteiger partial charge >= 0.3 is 5.97 Å². The summed E-state index contributed by atoms with van der Waals surface area (Å²) in [5.74, 6) is -2.09. The van der Waals surface area contributed by atoms with Crippen molar-refractivity contribution in [3.63, 3.8) is 0 Å². The van der Waals surface area contributed by atoms with E-state index in [9.17, 15) is 24.0 Å². The van der Waals surface area contributed by atoms with Crippen LogP contribution in [0.25, 0.3) is 31.3 Å². The first-order chi connectivity index (χ1) is 24.3. The van der Waals surface area contributed by atoms with Crippen LogP contribution in [-0.2, 0) is 28.7 Å². The zero-order valence-corrected chi connectivity index (χ0v) is 29.5. The lowest BCUT2D eigenvalue weighted by Crippen LogP contribution is -2.58. The lowest BCUT2D eigenvalue weighted by atomic mass is 10.1. The average Bonchev–Trinajstić information content (AvgIpc) is 3.05. The van der Waals surface area contributed by atoms with Gasteiger partial charge in [-0.05, 0) is 56.6 Å². The van der Waals surface area contributed by atoms with Crippen molar-refractivity contribution in [1.82, 2.24) is 30.2 Å². The molecule has 6 N–H and O–H groups in total. The number of primary amides is 2. The molecule has 1 aliphatic heterocycles. The molecule has 284 valence electrons. The van der Waals surface area contributed by atoms with Gasteiger partial charge in [-0.3, -0.25) is 43.6 Å². The Morgan fingerprint density at radius 1 is 0.686 bits per heavy atom. The van der Waals surface area contributed by atoms with E-state index in [1.54, 1.807) is 30.6 Å². The highest BCUT2D eigenvalue weighted by Gasteiger charge is 2.33. The van der Waals surface area contributed by atoms with Crippen molar-refractivity contribution >= 4 is 30.6 Å². The maximum atomic E-state index is 12.9. The van der Waals surface area contributed by atoms with E-state index in [0.29, 0.717) is 12.8 Å². The zero-order valence-electron chi connectivity index (χ0n) is 29.5. The number of esters is 1. The van der Waals surface area contributed by atoms with Crippen LogP contribution in [-0.4, -0.2) is 152 Å². The number of carbonyl (C=O) groups excluding carboxylic acids is 5. The summed E-state index contributed by atoms with van der Waals surface area (Å²) < 4.78 is 5.48. The molecule has 0 bridgehead atoms. The maximum Gasteiger partial charge on any atom is 0.308 e. The second-order valence-electron chi connectivity index (χ2n) is 12.6. The van der Waals surface area contributed by atoms with Crippen molar-refractivity contribution in [2.45, 2.75) is 76.5 Å². The summed E-state index contributed by atoms with van der Waals surface area (Å²) in [5, 5.41) is 16.3. The molecule has 51 heavy (non-hydrogen) atoms. The maximum absolute atomic E-state index is 12.9. The fourth-order valence-electron chi connectivity index (χ4n) is 5.75. The summed E-state index contributed by atoms with van der Waals surface area (Å²) in [7, 11) is 0. The van der Waals surface area contributed by atoms with Crippen molar-refractivity contribution < 1.29 is 28.7 Å². The normalized spacial score (nSPS) is 17.9. The monoisotopic (exact) mass is 721 g/mol. The molecule has 1 aliphatic rings. The van der Waals surface area contributed by atoms with Crippen LogP contribution >= 0.6 is 0 Å². The van der Waals surface area contributed by atoms with Gasteiger partial charge in [-0.25, -0.2) is 0 Å². The van der Waals surface area contributed by atoms with E-state index < -0.39 is 47.8 Å². The number of amides is 4. The van der Waals surface area contributed by atoms with Gasteiger partial charge in [0, 0.05) is 86.7 Å². The first-order valence-corrected chi connectivity index (χ1v) is 16.5.